The lowest BCUT2D eigenvalue weighted by molar-refractivity contribution is -0.120. The number of amides is 1. The second-order valence-corrected chi connectivity index (χ2v) is 6.51. The molecule has 0 saturated carbocycles. The molecule has 3 aromatic rings. The van der Waals surface area contributed by atoms with Crippen molar-refractivity contribution in [2.45, 2.75) is 17.4 Å². The number of carbonyl (C=O) groups is 1. The first-order valence-corrected chi connectivity index (χ1v) is 8.98. The van der Waals surface area contributed by atoms with Crippen LogP contribution in [0.25, 0.3) is 0 Å². The summed E-state index contributed by atoms with van der Waals surface area (Å²) < 4.78 is 13.5. The predicted octanol–water partition coefficient (Wildman–Crippen LogP) is 3.70. The summed E-state index contributed by atoms with van der Waals surface area (Å²) in [4.78, 5) is 13.2. The molecular weight excluding hydrogens is 337 g/mol. The summed E-state index contributed by atoms with van der Waals surface area (Å²) in [7, 11) is 0. The zero-order valence-electron chi connectivity index (χ0n) is 13.9. The summed E-state index contributed by atoms with van der Waals surface area (Å²) in [6, 6.07) is 15.8. The van der Waals surface area contributed by atoms with E-state index in [1.54, 1.807) is 30.1 Å². The highest BCUT2D eigenvalue weighted by atomic mass is 32.2. The number of nitrogens with zero attached hydrogens (tertiary/aromatic N) is 1. The summed E-state index contributed by atoms with van der Waals surface area (Å²) in [5, 5.41) is 10.2. The number of aromatic amines is 1. The molecular formula is C19H18FN3OS. The maximum atomic E-state index is 13.5. The first-order chi connectivity index (χ1) is 12.1. The Kier molecular flexibility index (Phi) is 4.90. The first-order valence-electron chi connectivity index (χ1n) is 7.76. The van der Waals surface area contributed by atoms with E-state index in [0.29, 0.717) is 5.69 Å². The first kappa shape index (κ1) is 17.2. The number of nitrogens with one attached hydrogen (secondary N) is 2. The Bertz CT molecular complexity index is 847. The Labute approximate surface area is 149 Å². The van der Waals surface area contributed by atoms with E-state index in [1.165, 1.54) is 19.1 Å². The average Bonchev–Trinajstić information content (AvgIpc) is 3.15. The molecule has 0 saturated heterocycles. The Morgan fingerprint density at radius 2 is 1.68 bits per heavy atom. The van der Waals surface area contributed by atoms with Gasteiger partial charge in [-0.2, -0.15) is 5.10 Å². The number of halogens is 1. The van der Waals surface area contributed by atoms with Crippen molar-refractivity contribution in [3.63, 3.8) is 0 Å². The third-order valence-electron chi connectivity index (χ3n) is 4.05. The minimum atomic E-state index is -1.00. The molecule has 0 fully saturated rings. The number of hydrogen-bond acceptors (Lipinski definition) is 3. The van der Waals surface area contributed by atoms with E-state index in [4.69, 9.17) is 0 Å². The molecule has 6 heteroatoms. The molecule has 0 radical (unpaired) electrons. The van der Waals surface area contributed by atoms with Gasteiger partial charge in [-0.3, -0.25) is 9.89 Å². The summed E-state index contributed by atoms with van der Waals surface area (Å²) >= 11 is 1.64. The molecule has 0 aliphatic carbocycles. The molecule has 0 aliphatic heterocycles. The second-order valence-electron chi connectivity index (χ2n) is 5.63. The van der Waals surface area contributed by atoms with Crippen LogP contribution < -0.4 is 5.32 Å². The van der Waals surface area contributed by atoms with Gasteiger partial charge in [0, 0.05) is 18.0 Å². The van der Waals surface area contributed by atoms with Crippen LogP contribution in [0.3, 0.4) is 0 Å². The van der Waals surface area contributed by atoms with E-state index >= 15 is 0 Å². The summed E-state index contributed by atoms with van der Waals surface area (Å²) in [5.74, 6) is -0.540. The fourth-order valence-corrected chi connectivity index (χ4v) is 3.35. The molecule has 1 heterocycles. The Morgan fingerprint density at radius 1 is 1.08 bits per heavy atom. The molecule has 3 rings (SSSR count). The SMILES string of the molecule is CSc1ccc(C(NC(C)=O)(c2ccc(F)cc2)c2cc[nH]n2)cc1. The van der Waals surface area contributed by atoms with Crippen molar-refractivity contribution in [3.05, 3.63) is 83.4 Å². The van der Waals surface area contributed by atoms with Gasteiger partial charge in [-0.05, 0) is 47.7 Å². The molecule has 25 heavy (non-hydrogen) atoms. The average molecular weight is 355 g/mol. The van der Waals surface area contributed by atoms with Crippen molar-refractivity contribution < 1.29 is 9.18 Å². The highest BCUT2D eigenvalue weighted by Crippen LogP contribution is 2.36. The van der Waals surface area contributed by atoms with Crippen LogP contribution in [0, 0.1) is 5.82 Å². The van der Waals surface area contributed by atoms with Gasteiger partial charge in [0.2, 0.25) is 5.91 Å². The number of hydrogen-bond donors (Lipinski definition) is 2. The van der Waals surface area contributed by atoms with Crippen LogP contribution in [-0.2, 0) is 10.3 Å². The Hall–Kier alpha value is -2.60. The molecule has 1 unspecified atom stereocenters. The van der Waals surface area contributed by atoms with E-state index in [9.17, 15) is 9.18 Å². The van der Waals surface area contributed by atoms with Crippen molar-refractivity contribution in [1.82, 2.24) is 15.5 Å². The van der Waals surface area contributed by atoms with E-state index < -0.39 is 5.54 Å². The van der Waals surface area contributed by atoms with Gasteiger partial charge in [0.25, 0.3) is 0 Å². The smallest absolute Gasteiger partial charge is 0.218 e. The van der Waals surface area contributed by atoms with Gasteiger partial charge >= 0.3 is 0 Å². The minimum absolute atomic E-state index is 0.207. The summed E-state index contributed by atoms with van der Waals surface area (Å²) in [6.45, 7) is 1.46. The van der Waals surface area contributed by atoms with E-state index in [0.717, 1.165) is 16.0 Å². The van der Waals surface area contributed by atoms with Crippen LogP contribution in [0.5, 0.6) is 0 Å². The van der Waals surface area contributed by atoms with E-state index in [-0.39, 0.29) is 11.7 Å². The third kappa shape index (κ3) is 3.30. The normalized spacial score (nSPS) is 13.2. The number of H-pyrrole nitrogens is 1. The fourth-order valence-electron chi connectivity index (χ4n) is 2.94. The number of thioether (sulfide) groups is 1. The van der Waals surface area contributed by atoms with Crippen LogP contribution >= 0.6 is 11.8 Å². The van der Waals surface area contributed by atoms with Crippen molar-refractivity contribution in [2.24, 2.45) is 0 Å². The largest absolute Gasteiger partial charge is 0.337 e. The number of carbonyl (C=O) groups excluding carboxylic acids is 1. The topological polar surface area (TPSA) is 57.8 Å². The minimum Gasteiger partial charge on any atom is -0.337 e. The van der Waals surface area contributed by atoms with Crippen molar-refractivity contribution in [2.75, 3.05) is 6.26 Å². The van der Waals surface area contributed by atoms with Gasteiger partial charge < -0.3 is 5.32 Å². The van der Waals surface area contributed by atoms with Gasteiger partial charge in [-0.25, -0.2) is 4.39 Å². The van der Waals surface area contributed by atoms with Crippen LogP contribution in [-0.4, -0.2) is 22.4 Å². The molecule has 0 spiro atoms. The number of aromatic nitrogens is 2. The molecule has 1 amide bonds. The Balaban J connectivity index is 2.27. The quantitative estimate of drug-likeness (QED) is 0.686. The maximum Gasteiger partial charge on any atom is 0.218 e. The standard InChI is InChI=1S/C19H18FN3OS/c1-13(24)22-19(18-11-12-21-23-18,14-3-7-16(20)8-4-14)15-5-9-17(25-2)10-6-15/h3-12H,1-2H3,(H,21,23)(H,22,24). The second kappa shape index (κ2) is 7.11. The van der Waals surface area contributed by atoms with Crippen LogP contribution in [0.4, 0.5) is 4.39 Å². The van der Waals surface area contributed by atoms with Crippen molar-refractivity contribution in [1.29, 1.82) is 0 Å². The molecule has 0 aliphatic rings. The molecule has 1 atom stereocenters. The van der Waals surface area contributed by atoms with Gasteiger partial charge in [0.15, 0.2) is 0 Å². The maximum absolute atomic E-state index is 13.5. The van der Waals surface area contributed by atoms with Crippen LogP contribution in [0.2, 0.25) is 0 Å². The monoisotopic (exact) mass is 355 g/mol. The van der Waals surface area contributed by atoms with Gasteiger partial charge in [-0.15, -0.1) is 11.8 Å². The highest BCUT2D eigenvalue weighted by molar-refractivity contribution is 7.98. The van der Waals surface area contributed by atoms with Crippen LogP contribution in [0.1, 0.15) is 23.7 Å². The highest BCUT2D eigenvalue weighted by Gasteiger charge is 2.39. The predicted molar refractivity (Wildman–Crippen MR) is 96.9 cm³/mol. The lowest BCUT2D eigenvalue weighted by Gasteiger charge is -2.34. The lowest BCUT2D eigenvalue weighted by Crippen LogP contribution is -2.47. The van der Waals surface area contributed by atoms with Crippen molar-refractivity contribution in [3.8, 4) is 0 Å². The molecule has 2 aromatic carbocycles. The van der Waals surface area contributed by atoms with Gasteiger partial charge in [0.1, 0.15) is 11.4 Å². The molecule has 0 bridgehead atoms. The Morgan fingerprint density at radius 3 is 2.16 bits per heavy atom. The molecule has 2 N–H and O–H groups in total. The number of rotatable bonds is 5. The summed E-state index contributed by atoms with van der Waals surface area (Å²) in [6.07, 6.45) is 3.70. The van der Waals surface area contributed by atoms with Gasteiger partial charge in [0.05, 0.1) is 5.69 Å². The number of benzene rings is 2. The third-order valence-corrected chi connectivity index (χ3v) is 4.79. The van der Waals surface area contributed by atoms with E-state index in [1.807, 2.05) is 36.6 Å². The molecule has 1 aromatic heterocycles. The molecule has 128 valence electrons. The lowest BCUT2D eigenvalue weighted by atomic mass is 9.80. The van der Waals surface area contributed by atoms with E-state index in [2.05, 4.69) is 15.5 Å². The van der Waals surface area contributed by atoms with Crippen LogP contribution in [0.15, 0.2) is 65.7 Å². The van der Waals surface area contributed by atoms with Gasteiger partial charge in [-0.1, -0.05) is 24.3 Å². The fraction of sp³-hybridized carbons (Fsp3) is 0.158. The summed E-state index contributed by atoms with van der Waals surface area (Å²) in [5.41, 5.74) is 1.20. The molecule has 4 nitrogen and oxygen atoms in total. The zero-order chi connectivity index (χ0) is 17.9. The zero-order valence-corrected chi connectivity index (χ0v) is 14.7. The van der Waals surface area contributed by atoms with Crippen molar-refractivity contribution >= 4 is 17.7 Å².